The van der Waals surface area contributed by atoms with Gasteiger partial charge in [-0.2, -0.15) is 0 Å². The quantitative estimate of drug-likeness (QED) is 0.792. The van der Waals surface area contributed by atoms with Crippen LogP contribution in [0.3, 0.4) is 0 Å². The van der Waals surface area contributed by atoms with E-state index in [1.165, 1.54) is 6.42 Å². The molecule has 4 nitrogen and oxygen atoms in total. The van der Waals surface area contributed by atoms with Gasteiger partial charge in [0, 0.05) is 0 Å². The monoisotopic (exact) mass is 293 g/mol. The van der Waals surface area contributed by atoms with Gasteiger partial charge in [0.25, 0.3) is 0 Å². The fourth-order valence-corrected chi connectivity index (χ4v) is 3.10. The van der Waals surface area contributed by atoms with Crippen molar-refractivity contribution in [2.45, 2.75) is 45.3 Å². The number of benzene rings is 1. The van der Waals surface area contributed by atoms with Crippen LogP contribution in [0.15, 0.2) is 24.3 Å². The van der Waals surface area contributed by atoms with Crippen LogP contribution in [0.25, 0.3) is 0 Å². The van der Waals surface area contributed by atoms with Crippen molar-refractivity contribution in [1.82, 2.24) is 0 Å². The van der Waals surface area contributed by atoms with E-state index in [0.717, 1.165) is 12.8 Å². The van der Waals surface area contributed by atoms with Gasteiger partial charge in [-0.05, 0) is 43.2 Å². The summed E-state index contributed by atoms with van der Waals surface area (Å²) in [4.78, 5) is 0. The van der Waals surface area contributed by atoms with Gasteiger partial charge in [-0.1, -0.05) is 26.0 Å². The lowest BCUT2D eigenvalue weighted by Gasteiger charge is -2.31. The molecule has 0 spiro atoms. The molecule has 0 bridgehead atoms. The van der Waals surface area contributed by atoms with Gasteiger partial charge in [-0.15, -0.1) is 0 Å². The minimum absolute atomic E-state index is 0.200. The second kappa shape index (κ2) is 7.66. The highest BCUT2D eigenvalue weighted by molar-refractivity contribution is 5.51. The van der Waals surface area contributed by atoms with Crippen molar-refractivity contribution < 1.29 is 14.6 Å². The van der Waals surface area contributed by atoms with Crippen molar-refractivity contribution in [3.63, 3.8) is 0 Å². The van der Waals surface area contributed by atoms with Gasteiger partial charge in [0.1, 0.15) is 18.5 Å². The van der Waals surface area contributed by atoms with Crippen molar-refractivity contribution in [2.24, 2.45) is 11.8 Å². The summed E-state index contributed by atoms with van der Waals surface area (Å²) in [5, 5.41) is 9.97. The SMILES string of the molecule is CC1CC(C)CC(OCC(O)COc2ccccc2N)C1. The molecule has 0 radical (unpaired) electrons. The van der Waals surface area contributed by atoms with Crippen LogP contribution in [0.4, 0.5) is 5.69 Å². The van der Waals surface area contributed by atoms with Crippen LogP contribution < -0.4 is 10.5 Å². The summed E-state index contributed by atoms with van der Waals surface area (Å²) in [5.74, 6) is 2.02. The largest absolute Gasteiger partial charge is 0.489 e. The van der Waals surface area contributed by atoms with E-state index in [1.807, 2.05) is 12.1 Å². The molecule has 3 atom stereocenters. The van der Waals surface area contributed by atoms with Crippen LogP contribution in [0.2, 0.25) is 0 Å². The van der Waals surface area contributed by atoms with E-state index in [2.05, 4.69) is 13.8 Å². The Morgan fingerprint density at radius 3 is 2.48 bits per heavy atom. The third-order valence-electron chi connectivity index (χ3n) is 4.01. The maximum Gasteiger partial charge on any atom is 0.142 e. The van der Waals surface area contributed by atoms with Crippen molar-refractivity contribution in [3.05, 3.63) is 24.3 Å². The molecule has 0 aromatic heterocycles. The molecule has 1 aromatic carbocycles. The number of para-hydroxylation sites is 2. The van der Waals surface area contributed by atoms with Crippen molar-refractivity contribution in [2.75, 3.05) is 18.9 Å². The number of anilines is 1. The number of rotatable bonds is 6. The van der Waals surface area contributed by atoms with Gasteiger partial charge in [0.15, 0.2) is 0 Å². The third kappa shape index (κ3) is 5.21. The molecule has 0 saturated heterocycles. The third-order valence-corrected chi connectivity index (χ3v) is 4.01. The van der Waals surface area contributed by atoms with Crippen LogP contribution in [-0.4, -0.2) is 30.5 Å². The van der Waals surface area contributed by atoms with E-state index in [9.17, 15) is 5.11 Å². The molecular formula is C17H27NO3. The summed E-state index contributed by atoms with van der Waals surface area (Å²) in [6.45, 7) is 5.05. The molecule has 1 aliphatic carbocycles. The molecule has 3 N–H and O–H groups in total. The Hall–Kier alpha value is -1.26. The molecule has 1 aliphatic rings. The molecule has 0 aliphatic heterocycles. The first-order valence-electron chi connectivity index (χ1n) is 7.81. The fraction of sp³-hybridized carbons (Fsp3) is 0.647. The minimum Gasteiger partial charge on any atom is -0.489 e. The molecular weight excluding hydrogens is 266 g/mol. The van der Waals surface area contributed by atoms with Gasteiger partial charge in [0.2, 0.25) is 0 Å². The number of aliphatic hydroxyl groups is 1. The smallest absolute Gasteiger partial charge is 0.142 e. The number of aliphatic hydroxyl groups excluding tert-OH is 1. The van der Waals surface area contributed by atoms with Gasteiger partial charge in [-0.25, -0.2) is 0 Å². The van der Waals surface area contributed by atoms with E-state index < -0.39 is 6.10 Å². The Balaban J connectivity index is 1.70. The Labute approximate surface area is 127 Å². The second-order valence-electron chi connectivity index (χ2n) is 6.38. The molecule has 1 aromatic rings. The van der Waals surface area contributed by atoms with Crippen LogP contribution in [0, 0.1) is 11.8 Å². The molecule has 4 heteroatoms. The maximum atomic E-state index is 9.97. The first-order valence-corrected chi connectivity index (χ1v) is 7.81. The standard InChI is InChI=1S/C17H27NO3/c1-12-7-13(2)9-15(8-12)20-10-14(19)11-21-17-6-4-3-5-16(17)18/h3-6,12-15,19H,7-11,18H2,1-2H3. The van der Waals surface area contributed by atoms with Crippen LogP contribution in [-0.2, 0) is 4.74 Å². The van der Waals surface area contributed by atoms with E-state index >= 15 is 0 Å². The highest BCUT2D eigenvalue weighted by Gasteiger charge is 2.25. The topological polar surface area (TPSA) is 64.7 Å². The predicted molar refractivity (Wildman–Crippen MR) is 84.3 cm³/mol. The highest BCUT2D eigenvalue weighted by atomic mass is 16.5. The average molecular weight is 293 g/mol. The minimum atomic E-state index is -0.628. The average Bonchev–Trinajstić information content (AvgIpc) is 2.43. The zero-order valence-electron chi connectivity index (χ0n) is 13.0. The highest BCUT2D eigenvalue weighted by Crippen LogP contribution is 2.30. The molecule has 118 valence electrons. The molecule has 3 unspecified atom stereocenters. The molecule has 2 rings (SSSR count). The number of nitrogen functional groups attached to an aromatic ring is 1. The predicted octanol–water partition coefficient (Wildman–Crippen LogP) is 2.85. The lowest BCUT2D eigenvalue weighted by Crippen LogP contribution is -2.31. The Morgan fingerprint density at radius 2 is 1.81 bits per heavy atom. The summed E-state index contributed by atoms with van der Waals surface area (Å²) < 4.78 is 11.4. The Bertz CT molecular complexity index is 428. The molecule has 21 heavy (non-hydrogen) atoms. The van der Waals surface area contributed by atoms with E-state index in [1.54, 1.807) is 12.1 Å². The number of hydrogen-bond acceptors (Lipinski definition) is 4. The summed E-state index contributed by atoms with van der Waals surface area (Å²) in [7, 11) is 0. The van der Waals surface area contributed by atoms with Gasteiger partial charge >= 0.3 is 0 Å². The van der Waals surface area contributed by atoms with E-state index in [-0.39, 0.29) is 12.7 Å². The van der Waals surface area contributed by atoms with Crippen LogP contribution in [0.1, 0.15) is 33.1 Å². The van der Waals surface area contributed by atoms with Gasteiger partial charge in [-0.3, -0.25) is 0 Å². The van der Waals surface area contributed by atoms with Crippen LogP contribution >= 0.6 is 0 Å². The molecule has 0 amide bonds. The molecule has 1 saturated carbocycles. The van der Waals surface area contributed by atoms with E-state index in [0.29, 0.717) is 29.9 Å². The molecule has 0 heterocycles. The summed E-state index contributed by atoms with van der Waals surface area (Å²) in [5.41, 5.74) is 6.37. The summed E-state index contributed by atoms with van der Waals surface area (Å²) in [6, 6.07) is 7.29. The Morgan fingerprint density at radius 1 is 1.14 bits per heavy atom. The zero-order chi connectivity index (χ0) is 15.2. The lowest BCUT2D eigenvalue weighted by atomic mass is 9.82. The zero-order valence-corrected chi connectivity index (χ0v) is 13.0. The van der Waals surface area contributed by atoms with Crippen LogP contribution in [0.5, 0.6) is 5.75 Å². The number of hydrogen-bond donors (Lipinski definition) is 2. The Kier molecular flexibility index (Phi) is 5.88. The van der Waals surface area contributed by atoms with Crippen molar-refractivity contribution in [1.29, 1.82) is 0 Å². The lowest BCUT2D eigenvalue weighted by molar-refractivity contribution is -0.0502. The molecule has 1 fully saturated rings. The first-order chi connectivity index (χ1) is 10.0. The summed E-state index contributed by atoms with van der Waals surface area (Å²) in [6.07, 6.45) is 3.09. The first kappa shape index (κ1) is 16.1. The summed E-state index contributed by atoms with van der Waals surface area (Å²) >= 11 is 0. The fourth-order valence-electron chi connectivity index (χ4n) is 3.10. The second-order valence-corrected chi connectivity index (χ2v) is 6.38. The maximum absolute atomic E-state index is 9.97. The van der Waals surface area contributed by atoms with Gasteiger partial charge < -0.3 is 20.3 Å². The van der Waals surface area contributed by atoms with Crippen molar-refractivity contribution in [3.8, 4) is 5.75 Å². The number of ether oxygens (including phenoxy) is 2. The number of nitrogens with two attached hydrogens (primary N) is 1. The van der Waals surface area contributed by atoms with Gasteiger partial charge in [0.05, 0.1) is 18.4 Å². The van der Waals surface area contributed by atoms with Crippen molar-refractivity contribution >= 4 is 5.69 Å². The van der Waals surface area contributed by atoms with E-state index in [4.69, 9.17) is 15.2 Å². The normalized spacial score (nSPS) is 27.3.